The van der Waals surface area contributed by atoms with Crippen LogP contribution in [0.3, 0.4) is 0 Å². The minimum Gasteiger partial charge on any atom is -0.465 e. The highest BCUT2D eigenvalue weighted by Crippen LogP contribution is 2.16. The monoisotopic (exact) mass is 292 g/mol. The van der Waals surface area contributed by atoms with E-state index in [1.165, 1.54) is 7.11 Å². The highest BCUT2D eigenvalue weighted by Gasteiger charge is 2.16. The van der Waals surface area contributed by atoms with Gasteiger partial charge in [0.2, 0.25) is 5.91 Å². The van der Waals surface area contributed by atoms with Crippen LogP contribution in [0.4, 0.5) is 5.69 Å². The van der Waals surface area contributed by atoms with Crippen LogP contribution in [-0.2, 0) is 14.3 Å². The van der Waals surface area contributed by atoms with E-state index in [4.69, 9.17) is 9.47 Å². The lowest BCUT2D eigenvalue weighted by molar-refractivity contribution is -0.134. The van der Waals surface area contributed by atoms with Crippen molar-refractivity contribution in [2.75, 3.05) is 45.3 Å². The van der Waals surface area contributed by atoms with Gasteiger partial charge in [-0.3, -0.25) is 4.79 Å². The summed E-state index contributed by atoms with van der Waals surface area (Å²) in [5, 5.41) is 3.12. The smallest absolute Gasteiger partial charge is 0.339 e. The van der Waals surface area contributed by atoms with Gasteiger partial charge >= 0.3 is 5.97 Å². The van der Waals surface area contributed by atoms with E-state index in [2.05, 4.69) is 5.32 Å². The lowest BCUT2D eigenvalue weighted by atomic mass is 10.1. The van der Waals surface area contributed by atoms with E-state index >= 15 is 0 Å². The van der Waals surface area contributed by atoms with E-state index in [1.54, 1.807) is 23.1 Å². The van der Waals surface area contributed by atoms with Crippen LogP contribution in [0.5, 0.6) is 0 Å². The molecular weight excluding hydrogens is 272 g/mol. The molecule has 0 radical (unpaired) electrons. The molecule has 0 unspecified atom stereocenters. The van der Waals surface area contributed by atoms with Crippen molar-refractivity contribution in [3.05, 3.63) is 29.8 Å². The number of nitrogens with zero attached hydrogens (tertiary/aromatic N) is 1. The van der Waals surface area contributed by atoms with Gasteiger partial charge in [0.15, 0.2) is 0 Å². The van der Waals surface area contributed by atoms with Crippen molar-refractivity contribution in [1.82, 2.24) is 4.90 Å². The topological polar surface area (TPSA) is 67.9 Å². The fraction of sp³-hybridized carbons (Fsp3) is 0.467. The fourth-order valence-corrected chi connectivity index (χ4v) is 2.20. The maximum Gasteiger partial charge on any atom is 0.339 e. The number of anilines is 1. The molecule has 1 saturated heterocycles. The second kappa shape index (κ2) is 7.64. The Balaban J connectivity index is 1.85. The number of benzene rings is 1. The van der Waals surface area contributed by atoms with Crippen LogP contribution >= 0.6 is 0 Å². The molecule has 6 nitrogen and oxygen atoms in total. The number of esters is 1. The van der Waals surface area contributed by atoms with Crippen LogP contribution < -0.4 is 5.32 Å². The summed E-state index contributed by atoms with van der Waals surface area (Å²) in [7, 11) is 1.35. The molecule has 1 amide bonds. The normalized spacial score (nSPS) is 14.6. The number of carbonyl (C=O) groups is 2. The molecule has 0 aromatic heterocycles. The summed E-state index contributed by atoms with van der Waals surface area (Å²) in [6.45, 7) is 2.98. The Hall–Kier alpha value is -2.08. The quantitative estimate of drug-likeness (QED) is 0.824. The predicted octanol–water partition coefficient (Wildman–Crippen LogP) is 1.13. The first kappa shape index (κ1) is 15.3. The Kier molecular flexibility index (Phi) is 5.57. The molecular formula is C15H20N2O4. The summed E-state index contributed by atoms with van der Waals surface area (Å²) in [5.74, 6) is -0.293. The lowest BCUT2D eigenvalue weighted by Gasteiger charge is -2.27. The zero-order valence-electron chi connectivity index (χ0n) is 12.1. The Morgan fingerprint density at radius 3 is 2.71 bits per heavy atom. The molecule has 114 valence electrons. The van der Waals surface area contributed by atoms with Gasteiger partial charge in [-0.15, -0.1) is 0 Å². The Labute approximate surface area is 124 Å². The zero-order chi connectivity index (χ0) is 15.1. The number of ether oxygens (including phenoxy) is 2. The largest absolute Gasteiger partial charge is 0.465 e. The van der Waals surface area contributed by atoms with Gasteiger partial charge in [-0.2, -0.15) is 0 Å². The molecule has 1 aliphatic rings. The second-order valence-electron chi connectivity index (χ2n) is 4.71. The van der Waals surface area contributed by atoms with Gasteiger partial charge in [0.25, 0.3) is 0 Å². The summed E-state index contributed by atoms with van der Waals surface area (Å²) < 4.78 is 9.95. The molecule has 1 N–H and O–H groups in total. The number of hydrogen-bond acceptors (Lipinski definition) is 5. The van der Waals surface area contributed by atoms with Gasteiger partial charge in [0.05, 0.1) is 25.9 Å². The van der Waals surface area contributed by atoms with Crippen LogP contribution in [0.2, 0.25) is 0 Å². The van der Waals surface area contributed by atoms with E-state index in [0.717, 1.165) is 0 Å². The Morgan fingerprint density at radius 2 is 2.00 bits per heavy atom. The van der Waals surface area contributed by atoms with E-state index in [0.29, 0.717) is 50.5 Å². The Bertz CT molecular complexity index is 498. The van der Waals surface area contributed by atoms with E-state index in [9.17, 15) is 9.59 Å². The van der Waals surface area contributed by atoms with Crippen LogP contribution in [0.15, 0.2) is 24.3 Å². The van der Waals surface area contributed by atoms with Crippen molar-refractivity contribution in [3.8, 4) is 0 Å². The number of nitrogens with one attached hydrogen (secondary N) is 1. The van der Waals surface area contributed by atoms with Gasteiger partial charge in [-0.1, -0.05) is 12.1 Å². The molecule has 0 bridgehead atoms. The molecule has 0 spiro atoms. The van der Waals surface area contributed by atoms with Crippen LogP contribution in [0.1, 0.15) is 16.8 Å². The van der Waals surface area contributed by atoms with Crippen LogP contribution in [-0.4, -0.2) is 56.7 Å². The van der Waals surface area contributed by atoms with Crippen molar-refractivity contribution >= 4 is 17.6 Å². The van der Waals surface area contributed by atoms with Gasteiger partial charge < -0.3 is 19.7 Å². The molecule has 0 aliphatic carbocycles. The highest BCUT2D eigenvalue weighted by atomic mass is 16.5. The number of morpholine rings is 1. The summed E-state index contributed by atoms with van der Waals surface area (Å²) in [6, 6.07) is 7.10. The van der Waals surface area contributed by atoms with E-state index in [1.807, 2.05) is 6.07 Å². The van der Waals surface area contributed by atoms with Crippen molar-refractivity contribution in [2.45, 2.75) is 6.42 Å². The minimum absolute atomic E-state index is 0.0985. The summed E-state index contributed by atoms with van der Waals surface area (Å²) in [6.07, 6.45) is 0.384. The SMILES string of the molecule is COC(=O)c1ccccc1NCCC(=O)N1CCOCC1. The maximum atomic E-state index is 12.0. The van der Waals surface area contributed by atoms with Gasteiger partial charge in [0, 0.05) is 31.7 Å². The first-order valence-electron chi connectivity index (χ1n) is 6.99. The average Bonchev–Trinajstić information content (AvgIpc) is 2.55. The summed E-state index contributed by atoms with van der Waals surface area (Å²) >= 11 is 0. The second-order valence-corrected chi connectivity index (χ2v) is 4.71. The van der Waals surface area contributed by atoms with E-state index in [-0.39, 0.29) is 5.91 Å². The van der Waals surface area contributed by atoms with Crippen molar-refractivity contribution < 1.29 is 19.1 Å². The third-order valence-electron chi connectivity index (χ3n) is 3.35. The standard InChI is InChI=1S/C15H20N2O4/c1-20-15(19)12-4-2-3-5-13(12)16-7-6-14(18)17-8-10-21-11-9-17/h2-5,16H,6-11H2,1H3. The average molecular weight is 292 g/mol. The number of amides is 1. The van der Waals surface area contributed by atoms with Crippen molar-refractivity contribution in [3.63, 3.8) is 0 Å². The molecule has 2 rings (SSSR count). The molecule has 1 heterocycles. The minimum atomic E-state index is -0.391. The maximum absolute atomic E-state index is 12.0. The summed E-state index contributed by atoms with van der Waals surface area (Å²) in [5.41, 5.74) is 1.15. The number of para-hydroxylation sites is 1. The molecule has 0 atom stereocenters. The number of carbonyl (C=O) groups excluding carboxylic acids is 2. The third-order valence-corrected chi connectivity index (χ3v) is 3.35. The van der Waals surface area contributed by atoms with Crippen molar-refractivity contribution in [1.29, 1.82) is 0 Å². The fourth-order valence-electron chi connectivity index (χ4n) is 2.20. The predicted molar refractivity (Wildman–Crippen MR) is 78.3 cm³/mol. The number of rotatable bonds is 5. The van der Waals surface area contributed by atoms with Gasteiger partial charge in [-0.25, -0.2) is 4.79 Å². The first-order chi connectivity index (χ1) is 10.2. The summed E-state index contributed by atoms with van der Waals surface area (Å²) in [4.78, 5) is 25.4. The molecule has 1 aliphatic heterocycles. The number of methoxy groups -OCH3 is 1. The number of hydrogen-bond donors (Lipinski definition) is 1. The zero-order valence-corrected chi connectivity index (χ0v) is 12.1. The van der Waals surface area contributed by atoms with Crippen LogP contribution in [0.25, 0.3) is 0 Å². The molecule has 1 fully saturated rings. The van der Waals surface area contributed by atoms with Gasteiger partial charge in [0.1, 0.15) is 0 Å². The van der Waals surface area contributed by atoms with Gasteiger partial charge in [-0.05, 0) is 12.1 Å². The molecule has 1 aromatic rings. The first-order valence-corrected chi connectivity index (χ1v) is 6.99. The molecule has 6 heteroatoms. The lowest BCUT2D eigenvalue weighted by Crippen LogP contribution is -2.41. The van der Waals surface area contributed by atoms with Crippen molar-refractivity contribution in [2.24, 2.45) is 0 Å². The highest BCUT2D eigenvalue weighted by molar-refractivity contribution is 5.95. The third kappa shape index (κ3) is 4.19. The molecule has 21 heavy (non-hydrogen) atoms. The van der Waals surface area contributed by atoms with E-state index < -0.39 is 5.97 Å². The molecule has 1 aromatic carbocycles. The van der Waals surface area contributed by atoms with Crippen LogP contribution in [0, 0.1) is 0 Å². The molecule has 0 saturated carbocycles. The Morgan fingerprint density at radius 1 is 1.29 bits per heavy atom.